The van der Waals surface area contributed by atoms with Crippen molar-refractivity contribution < 1.29 is 33.3 Å². The molecule has 1 aromatic heterocycles. The smallest absolute Gasteiger partial charge is 0.338 e. The SMILES string of the molecule is CCCSc1nc(Cl)c2c(n1)NNN2[C@@H]1O[C@H](COC(=O)c2ccccc2)[C@@H](OC(=O)c2ccccc2)[C@H]1OC(=O)c1ccccc1. The lowest BCUT2D eigenvalue weighted by Crippen LogP contribution is -2.52. The molecule has 12 nitrogen and oxygen atoms in total. The second kappa shape index (κ2) is 14.8. The van der Waals surface area contributed by atoms with Crippen molar-refractivity contribution in [3.05, 3.63) is 113 Å². The predicted molar refractivity (Wildman–Crippen MR) is 174 cm³/mol. The van der Waals surface area contributed by atoms with Gasteiger partial charge >= 0.3 is 17.9 Å². The molecule has 3 heterocycles. The number of ether oxygens (including phenoxy) is 4. The summed E-state index contributed by atoms with van der Waals surface area (Å²) in [6.45, 7) is 1.72. The van der Waals surface area contributed by atoms with Crippen LogP contribution in [0.15, 0.2) is 96.2 Å². The minimum absolute atomic E-state index is 0.111. The van der Waals surface area contributed by atoms with Crippen molar-refractivity contribution in [2.24, 2.45) is 0 Å². The number of thioether (sulfide) groups is 1. The lowest BCUT2D eigenvalue weighted by Gasteiger charge is -2.30. The standard InChI is InChI=1S/C33H30ClN5O7S/c1-2-18-47-33-35-27(34)24-28(36-33)37-38-39(24)29-26(46-32(42)22-16-10-5-11-17-22)25(45-31(41)21-14-8-4-9-15-21)23(44-29)19-43-30(40)20-12-6-3-7-13-20/h3-17,23,25-26,29,38H,2,18-19H2,1H3,(H,35,36,37)/t23-,25-,26-,29-/m1/s1. The Kier molecular flexibility index (Phi) is 10.2. The maximum absolute atomic E-state index is 13.5. The number of hydrogen-bond donors (Lipinski definition) is 2. The molecule has 0 saturated carbocycles. The molecule has 47 heavy (non-hydrogen) atoms. The second-order valence-electron chi connectivity index (χ2n) is 10.5. The summed E-state index contributed by atoms with van der Waals surface area (Å²) in [5.41, 5.74) is 7.13. The van der Waals surface area contributed by atoms with Crippen molar-refractivity contribution in [2.45, 2.75) is 43.0 Å². The van der Waals surface area contributed by atoms with Crippen LogP contribution < -0.4 is 16.0 Å². The van der Waals surface area contributed by atoms with E-state index in [9.17, 15) is 14.4 Å². The number of carbonyl (C=O) groups excluding carboxylic acids is 3. The summed E-state index contributed by atoms with van der Waals surface area (Å²) in [5.74, 6) is -0.812. The molecule has 2 N–H and O–H groups in total. The van der Waals surface area contributed by atoms with E-state index in [1.54, 1.807) is 91.0 Å². The summed E-state index contributed by atoms with van der Waals surface area (Å²) < 4.78 is 24.1. The van der Waals surface area contributed by atoms with Crippen molar-refractivity contribution in [3.8, 4) is 0 Å². The van der Waals surface area contributed by atoms with Gasteiger partial charge in [-0.3, -0.25) is 10.4 Å². The molecule has 6 rings (SSSR count). The van der Waals surface area contributed by atoms with Crippen LogP contribution in [0.5, 0.6) is 0 Å². The number of carbonyl (C=O) groups is 3. The van der Waals surface area contributed by atoms with Crippen LogP contribution in [0.4, 0.5) is 11.5 Å². The van der Waals surface area contributed by atoms with Crippen LogP contribution in [0.3, 0.4) is 0 Å². The quantitative estimate of drug-likeness (QED) is 0.0697. The first-order valence-electron chi connectivity index (χ1n) is 14.8. The van der Waals surface area contributed by atoms with Gasteiger partial charge in [-0.2, -0.15) is 0 Å². The van der Waals surface area contributed by atoms with Gasteiger partial charge in [0.25, 0.3) is 0 Å². The Balaban J connectivity index is 1.35. The molecule has 14 heteroatoms. The van der Waals surface area contributed by atoms with Gasteiger partial charge in [-0.1, -0.05) is 84.9 Å². The summed E-state index contributed by atoms with van der Waals surface area (Å²) in [7, 11) is 0. The summed E-state index contributed by atoms with van der Waals surface area (Å²) in [5, 5.41) is 2.06. The van der Waals surface area contributed by atoms with E-state index in [0.717, 1.165) is 12.2 Å². The van der Waals surface area contributed by atoms with Crippen molar-refractivity contribution >= 4 is 52.8 Å². The molecule has 1 fully saturated rings. The van der Waals surface area contributed by atoms with Gasteiger partial charge in [-0.05, 0) is 42.8 Å². The number of esters is 3. The summed E-state index contributed by atoms with van der Waals surface area (Å²) >= 11 is 8.13. The molecule has 0 spiro atoms. The first-order chi connectivity index (χ1) is 22.9. The van der Waals surface area contributed by atoms with E-state index in [-0.39, 0.29) is 22.9 Å². The van der Waals surface area contributed by atoms with E-state index in [1.165, 1.54) is 16.8 Å². The number of benzene rings is 3. The molecule has 0 unspecified atom stereocenters. The zero-order valence-electron chi connectivity index (χ0n) is 25.1. The first kappa shape index (κ1) is 32.3. The summed E-state index contributed by atoms with van der Waals surface area (Å²) in [6, 6.07) is 25.2. The van der Waals surface area contributed by atoms with Crippen LogP contribution in [0.25, 0.3) is 0 Å². The highest BCUT2D eigenvalue weighted by atomic mass is 35.5. The fraction of sp³-hybridized carbons (Fsp3) is 0.242. The highest BCUT2D eigenvalue weighted by Gasteiger charge is 2.54. The zero-order valence-corrected chi connectivity index (χ0v) is 26.6. The Morgan fingerprint density at radius 3 is 1.96 bits per heavy atom. The number of hydrazine groups is 2. The molecule has 1 saturated heterocycles. The highest BCUT2D eigenvalue weighted by molar-refractivity contribution is 7.99. The van der Waals surface area contributed by atoms with Gasteiger partial charge in [0, 0.05) is 5.75 Å². The topological polar surface area (TPSA) is 141 Å². The minimum atomic E-state index is -1.25. The average Bonchev–Trinajstić information content (AvgIpc) is 3.68. The fourth-order valence-electron chi connectivity index (χ4n) is 4.99. The van der Waals surface area contributed by atoms with E-state index in [2.05, 4.69) is 20.9 Å². The van der Waals surface area contributed by atoms with E-state index >= 15 is 0 Å². The summed E-state index contributed by atoms with van der Waals surface area (Å²) in [6.07, 6.45) is -3.78. The molecular formula is C33H30ClN5O7S. The number of fused-ring (bicyclic) bond motifs is 1. The molecule has 0 radical (unpaired) electrons. The molecule has 4 atom stereocenters. The van der Waals surface area contributed by atoms with Crippen LogP contribution >= 0.6 is 23.4 Å². The van der Waals surface area contributed by atoms with Crippen LogP contribution in [0.1, 0.15) is 44.4 Å². The number of nitrogens with zero attached hydrogens (tertiary/aromatic N) is 3. The number of halogens is 1. The third-order valence-electron chi connectivity index (χ3n) is 7.23. The summed E-state index contributed by atoms with van der Waals surface area (Å²) in [4.78, 5) is 48.8. The zero-order chi connectivity index (χ0) is 32.8. The predicted octanol–water partition coefficient (Wildman–Crippen LogP) is 5.32. The molecule has 4 aromatic rings. The number of hydrogen-bond acceptors (Lipinski definition) is 13. The molecule has 0 aliphatic carbocycles. The van der Waals surface area contributed by atoms with Crippen LogP contribution in [0, 0.1) is 0 Å². The van der Waals surface area contributed by atoms with Gasteiger partial charge in [0.15, 0.2) is 34.6 Å². The van der Waals surface area contributed by atoms with E-state index in [4.69, 9.17) is 30.5 Å². The second-order valence-corrected chi connectivity index (χ2v) is 11.9. The van der Waals surface area contributed by atoms with Gasteiger partial charge in [-0.15, -0.1) is 5.53 Å². The maximum atomic E-state index is 13.5. The minimum Gasteiger partial charge on any atom is -0.459 e. The average molecular weight is 676 g/mol. The normalized spacial score (nSPS) is 19.8. The van der Waals surface area contributed by atoms with Gasteiger partial charge in [0.2, 0.25) is 0 Å². The Labute approximate surface area is 279 Å². The van der Waals surface area contributed by atoms with Crippen LogP contribution in [0.2, 0.25) is 5.15 Å². The molecule has 242 valence electrons. The molecular weight excluding hydrogens is 646 g/mol. The number of rotatable bonds is 11. The number of nitrogens with one attached hydrogen (secondary N) is 2. The molecule has 2 aliphatic rings. The Hall–Kier alpha value is -4.69. The van der Waals surface area contributed by atoms with Gasteiger partial charge in [0.05, 0.1) is 16.7 Å². The van der Waals surface area contributed by atoms with Gasteiger partial charge < -0.3 is 18.9 Å². The molecule has 3 aromatic carbocycles. The Morgan fingerprint density at radius 2 is 1.38 bits per heavy atom. The molecule has 0 bridgehead atoms. The Morgan fingerprint density at radius 1 is 0.830 bits per heavy atom. The van der Waals surface area contributed by atoms with Gasteiger partial charge in [0.1, 0.15) is 18.4 Å². The lowest BCUT2D eigenvalue weighted by molar-refractivity contribution is -0.0452. The van der Waals surface area contributed by atoms with Gasteiger partial charge in [-0.25, -0.2) is 24.4 Å². The van der Waals surface area contributed by atoms with E-state index in [1.807, 2.05) is 6.92 Å². The van der Waals surface area contributed by atoms with Crippen LogP contribution in [-0.2, 0) is 18.9 Å². The third-order valence-corrected chi connectivity index (χ3v) is 8.54. The third kappa shape index (κ3) is 7.33. The number of aromatic nitrogens is 2. The fourth-order valence-corrected chi connectivity index (χ4v) is 6.00. The van der Waals surface area contributed by atoms with E-state index in [0.29, 0.717) is 22.2 Å². The van der Waals surface area contributed by atoms with Crippen molar-refractivity contribution in [1.82, 2.24) is 15.5 Å². The lowest BCUT2D eigenvalue weighted by atomic mass is 10.1. The Bertz CT molecular complexity index is 1720. The largest absolute Gasteiger partial charge is 0.459 e. The van der Waals surface area contributed by atoms with E-state index < -0.39 is 42.4 Å². The maximum Gasteiger partial charge on any atom is 0.338 e. The monoisotopic (exact) mass is 675 g/mol. The molecule has 0 amide bonds. The van der Waals surface area contributed by atoms with Crippen molar-refractivity contribution in [3.63, 3.8) is 0 Å². The molecule has 2 aliphatic heterocycles. The van der Waals surface area contributed by atoms with Crippen molar-refractivity contribution in [1.29, 1.82) is 0 Å². The number of anilines is 2. The van der Waals surface area contributed by atoms with Crippen molar-refractivity contribution in [2.75, 3.05) is 22.8 Å². The first-order valence-corrected chi connectivity index (χ1v) is 16.2. The van der Waals surface area contributed by atoms with Crippen LogP contribution in [-0.4, -0.2) is 64.8 Å². The highest BCUT2D eigenvalue weighted by Crippen LogP contribution is 2.41.